The van der Waals surface area contributed by atoms with Crippen molar-refractivity contribution in [3.05, 3.63) is 51.5 Å². The second-order valence-corrected chi connectivity index (χ2v) is 7.58. The van der Waals surface area contributed by atoms with Crippen LogP contribution in [0.3, 0.4) is 0 Å². The molecular weight excluding hydrogens is 276 g/mol. The Hall–Kier alpha value is -1.19. The molecular formula is C18H24N2S. The molecule has 1 saturated carbocycles. The lowest BCUT2D eigenvalue weighted by Gasteiger charge is -2.35. The minimum Gasteiger partial charge on any atom is -0.327 e. The molecule has 0 amide bonds. The normalized spacial score (nSPS) is 18.8. The van der Waals surface area contributed by atoms with Crippen LogP contribution < -0.4 is 5.73 Å². The molecule has 0 saturated heterocycles. The fourth-order valence-electron chi connectivity index (χ4n) is 3.66. The molecule has 2 N–H and O–H groups in total. The predicted octanol–water partition coefficient (Wildman–Crippen LogP) is 4.14. The maximum Gasteiger partial charge on any atom is 0.0946 e. The van der Waals surface area contributed by atoms with Crippen LogP contribution in [-0.2, 0) is 11.8 Å². The molecule has 112 valence electrons. The molecule has 1 unspecified atom stereocenters. The summed E-state index contributed by atoms with van der Waals surface area (Å²) in [5.41, 5.74) is 9.42. The van der Waals surface area contributed by atoms with Gasteiger partial charge in [-0.15, -0.1) is 11.3 Å². The maximum atomic E-state index is 6.70. The average molecular weight is 300 g/mol. The number of nitrogens with zero attached hydrogens (tertiary/aromatic N) is 1. The Kier molecular flexibility index (Phi) is 4.14. The second-order valence-electron chi connectivity index (χ2n) is 6.29. The number of aryl methyl sites for hydroxylation is 2. The topological polar surface area (TPSA) is 38.9 Å². The largest absolute Gasteiger partial charge is 0.327 e. The van der Waals surface area contributed by atoms with Gasteiger partial charge in [0.25, 0.3) is 0 Å². The number of aromatic nitrogens is 1. The quantitative estimate of drug-likeness (QED) is 0.921. The van der Waals surface area contributed by atoms with E-state index in [1.165, 1.54) is 41.1 Å². The Morgan fingerprint density at radius 3 is 2.43 bits per heavy atom. The number of hydrogen-bond donors (Lipinski definition) is 1. The van der Waals surface area contributed by atoms with E-state index in [-0.39, 0.29) is 11.5 Å². The standard InChI is InChI=1S/C18H24N2S/c1-13-14(2)21-17(20-13)12-16(19)18(10-6-7-11-18)15-8-4-3-5-9-15/h3-5,8-9,16H,6-7,10-12,19H2,1-2H3. The highest BCUT2D eigenvalue weighted by atomic mass is 32.1. The third-order valence-corrected chi connectivity index (χ3v) is 6.12. The molecule has 1 aromatic heterocycles. The van der Waals surface area contributed by atoms with E-state index in [2.05, 4.69) is 49.2 Å². The van der Waals surface area contributed by atoms with Gasteiger partial charge in [0.15, 0.2) is 0 Å². The Bertz CT molecular complexity index is 577. The molecule has 0 aliphatic heterocycles. The molecule has 21 heavy (non-hydrogen) atoms. The van der Waals surface area contributed by atoms with Crippen LogP contribution in [0.1, 0.15) is 46.8 Å². The van der Waals surface area contributed by atoms with Gasteiger partial charge in [0.2, 0.25) is 0 Å². The van der Waals surface area contributed by atoms with Gasteiger partial charge >= 0.3 is 0 Å². The molecule has 0 spiro atoms. The van der Waals surface area contributed by atoms with Crippen molar-refractivity contribution < 1.29 is 0 Å². The van der Waals surface area contributed by atoms with Crippen LogP contribution in [0, 0.1) is 13.8 Å². The van der Waals surface area contributed by atoms with Crippen LogP contribution in [0.5, 0.6) is 0 Å². The van der Waals surface area contributed by atoms with Gasteiger partial charge in [-0.3, -0.25) is 0 Å². The summed E-state index contributed by atoms with van der Waals surface area (Å²) < 4.78 is 0. The molecule has 2 nitrogen and oxygen atoms in total. The number of benzene rings is 1. The molecule has 0 radical (unpaired) electrons. The molecule has 2 aromatic rings. The molecule has 1 fully saturated rings. The summed E-state index contributed by atoms with van der Waals surface area (Å²) >= 11 is 1.80. The number of thiazole rings is 1. The van der Waals surface area contributed by atoms with Crippen molar-refractivity contribution in [2.45, 2.75) is 57.4 Å². The van der Waals surface area contributed by atoms with Crippen LogP contribution in [-0.4, -0.2) is 11.0 Å². The van der Waals surface area contributed by atoms with Crippen molar-refractivity contribution in [1.29, 1.82) is 0 Å². The van der Waals surface area contributed by atoms with E-state index in [1.807, 2.05) is 0 Å². The molecule has 1 aliphatic carbocycles. The van der Waals surface area contributed by atoms with Gasteiger partial charge in [-0.25, -0.2) is 4.98 Å². The SMILES string of the molecule is Cc1nc(CC(N)C2(c3ccccc3)CCCC2)sc1C. The van der Waals surface area contributed by atoms with Crippen LogP contribution >= 0.6 is 11.3 Å². The highest BCUT2D eigenvalue weighted by Crippen LogP contribution is 2.44. The third kappa shape index (κ3) is 2.77. The van der Waals surface area contributed by atoms with Crippen molar-refractivity contribution in [3.63, 3.8) is 0 Å². The van der Waals surface area contributed by atoms with Gasteiger partial charge in [0, 0.05) is 22.8 Å². The van der Waals surface area contributed by atoms with Gasteiger partial charge in [-0.2, -0.15) is 0 Å². The molecule has 0 bridgehead atoms. The summed E-state index contributed by atoms with van der Waals surface area (Å²) in [5.74, 6) is 0. The van der Waals surface area contributed by atoms with Gasteiger partial charge in [0.05, 0.1) is 10.7 Å². The van der Waals surface area contributed by atoms with Crippen LogP contribution in [0.25, 0.3) is 0 Å². The second kappa shape index (κ2) is 5.90. The summed E-state index contributed by atoms with van der Waals surface area (Å²) in [7, 11) is 0. The van der Waals surface area contributed by atoms with Crippen molar-refractivity contribution in [2.24, 2.45) is 5.73 Å². The highest BCUT2D eigenvalue weighted by molar-refractivity contribution is 7.11. The summed E-state index contributed by atoms with van der Waals surface area (Å²) in [4.78, 5) is 6.00. The van der Waals surface area contributed by atoms with Crippen LogP contribution in [0.2, 0.25) is 0 Å². The van der Waals surface area contributed by atoms with E-state index >= 15 is 0 Å². The number of hydrogen-bond acceptors (Lipinski definition) is 3. The fourth-order valence-corrected chi connectivity index (χ4v) is 4.65. The monoisotopic (exact) mass is 300 g/mol. The number of nitrogens with two attached hydrogens (primary N) is 1. The first-order valence-electron chi connectivity index (χ1n) is 7.86. The van der Waals surface area contributed by atoms with Gasteiger partial charge in [-0.1, -0.05) is 43.2 Å². The van der Waals surface area contributed by atoms with Gasteiger partial charge in [-0.05, 0) is 32.3 Å². The minimum atomic E-state index is 0.148. The smallest absolute Gasteiger partial charge is 0.0946 e. The summed E-state index contributed by atoms with van der Waals surface area (Å²) in [6.45, 7) is 4.23. The van der Waals surface area contributed by atoms with E-state index in [1.54, 1.807) is 11.3 Å². The molecule has 1 aromatic carbocycles. The zero-order valence-electron chi connectivity index (χ0n) is 12.9. The van der Waals surface area contributed by atoms with E-state index in [0.29, 0.717) is 0 Å². The van der Waals surface area contributed by atoms with Crippen molar-refractivity contribution in [1.82, 2.24) is 4.98 Å². The Balaban J connectivity index is 1.87. The first kappa shape index (κ1) is 14.7. The molecule has 1 heterocycles. The van der Waals surface area contributed by atoms with E-state index in [4.69, 9.17) is 5.73 Å². The Labute approximate surface area is 131 Å². The molecule has 1 atom stereocenters. The molecule has 3 rings (SSSR count). The lowest BCUT2D eigenvalue weighted by Crippen LogP contribution is -2.45. The molecule has 3 heteroatoms. The van der Waals surface area contributed by atoms with Crippen molar-refractivity contribution in [2.75, 3.05) is 0 Å². The Morgan fingerprint density at radius 1 is 1.19 bits per heavy atom. The van der Waals surface area contributed by atoms with Gasteiger partial charge in [0.1, 0.15) is 0 Å². The highest BCUT2D eigenvalue weighted by Gasteiger charge is 2.41. The predicted molar refractivity (Wildman–Crippen MR) is 89.9 cm³/mol. The van der Waals surface area contributed by atoms with E-state index in [9.17, 15) is 0 Å². The summed E-state index contributed by atoms with van der Waals surface area (Å²) in [5, 5.41) is 1.19. The summed E-state index contributed by atoms with van der Waals surface area (Å²) in [6.07, 6.45) is 5.90. The first-order valence-corrected chi connectivity index (χ1v) is 8.67. The lowest BCUT2D eigenvalue weighted by atomic mass is 9.72. The zero-order chi connectivity index (χ0) is 14.9. The number of rotatable bonds is 4. The van der Waals surface area contributed by atoms with E-state index in [0.717, 1.165) is 12.1 Å². The summed E-state index contributed by atoms with van der Waals surface area (Å²) in [6, 6.07) is 11.0. The van der Waals surface area contributed by atoms with Crippen LogP contribution in [0.15, 0.2) is 30.3 Å². The van der Waals surface area contributed by atoms with Crippen molar-refractivity contribution >= 4 is 11.3 Å². The zero-order valence-corrected chi connectivity index (χ0v) is 13.7. The fraction of sp³-hybridized carbons (Fsp3) is 0.500. The lowest BCUT2D eigenvalue weighted by molar-refractivity contribution is 0.347. The first-order chi connectivity index (χ1) is 10.1. The Morgan fingerprint density at radius 2 is 1.86 bits per heavy atom. The van der Waals surface area contributed by atoms with Crippen molar-refractivity contribution in [3.8, 4) is 0 Å². The van der Waals surface area contributed by atoms with Gasteiger partial charge < -0.3 is 5.73 Å². The third-order valence-electron chi connectivity index (χ3n) is 5.02. The minimum absolute atomic E-state index is 0.148. The van der Waals surface area contributed by atoms with E-state index < -0.39 is 0 Å². The maximum absolute atomic E-state index is 6.70. The van der Waals surface area contributed by atoms with Crippen LogP contribution in [0.4, 0.5) is 0 Å². The average Bonchev–Trinajstić information content (AvgIpc) is 3.09. The molecule has 1 aliphatic rings.